The summed E-state index contributed by atoms with van der Waals surface area (Å²) in [5.41, 5.74) is 9.68. The van der Waals surface area contributed by atoms with E-state index in [1.165, 1.54) is 0 Å². The van der Waals surface area contributed by atoms with Gasteiger partial charge in [-0.05, 0) is 34.7 Å². The molecular weight excluding hydrogens is 356 g/mol. The molecule has 0 unspecified atom stereocenters. The second-order valence-electron chi connectivity index (χ2n) is 6.40. The number of nitrogens with two attached hydrogens (primary N) is 2. The van der Waals surface area contributed by atoms with Gasteiger partial charge in [-0.25, -0.2) is 19.4 Å². The Bertz CT molecular complexity index is 857. The number of nitrogens with one attached hydrogen (secondary N) is 1. The Morgan fingerprint density at radius 1 is 1.07 bits per heavy atom. The molecule has 8 heteroatoms. The van der Waals surface area contributed by atoms with E-state index in [1.807, 2.05) is 24.3 Å². The number of hydrazine groups is 1. The first kappa shape index (κ1) is 18.7. The molecule has 1 aliphatic rings. The van der Waals surface area contributed by atoms with Crippen molar-refractivity contribution >= 4 is 5.97 Å². The number of aliphatic carboxylic acids is 1. The van der Waals surface area contributed by atoms with Crippen LogP contribution in [-0.4, -0.2) is 17.0 Å². The summed E-state index contributed by atoms with van der Waals surface area (Å²) in [5, 5.41) is 8.87. The molecule has 1 fully saturated rings. The van der Waals surface area contributed by atoms with Gasteiger partial charge in [-0.2, -0.15) is 0 Å². The second kappa shape index (κ2) is 7.24. The van der Waals surface area contributed by atoms with E-state index in [9.17, 15) is 13.6 Å². The summed E-state index contributed by atoms with van der Waals surface area (Å²) < 4.78 is 31.3. The summed E-state index contributed by atoms with van der Waals surface area (Å²) in [6.07, 6.45) is -0.189. The fourth-order valence-corrected chi connectivity index (χ4v) is 2.94. The average Bonchev–Trinajstić information content (AvgIpc) is 2.64. The Morgan fingerprint density at radius 2 is 1.59 bits per heavy atom. The van der Waals surface area contributed by atoms with Crippen LogP contribution < -0.4 is 21.7 Å². The van der Waals surface area contributed by atoms with Crippen LogP contribution in [0.15, 0.2) is 60.1 Å². The second-order valence-corrected chi connectivity index (χ2v) is 6.40. The smallest absolute Gasteiger partial charge is 0.357 e. The number of hydrogen-bond donors (Lipinski definition) is 4. The van der Waals surface area contributed by atoms with Crippen molar-refractivity contribution in [2.75, 3.05) is 0 Å². The van der Waals surface area contributed by atoms with Gasteiger partial charge in [0.1, 0.15) is 5.75 Å². The lowest BCUT2D eigenvalue weighted by Gasteiger charge is -2.35. The summed E-state index contributed by atoms with van der Waals surface area (Å²) in [7, 11) is 0. The van der Waals surface area contributed by atoms with E-state index in [2.05, 4.69) is 5.43 Å². The molecule has 1 saturated carbocycles. The highest BCUT2D eigenvalue weighted by Crippen LogP contribution is 2.48. The minimum atomic E-state index is -2.53. The molecule has 27 heavy (non-hydrogen) atoms. The van der Waals surface area contributed by atoms with E-state index < -0.39 is 17.6 Å². The Hall–Kier alpha value is -3.13. The SMILES string of the molecule is NN/C(Oc1ccc(-c2ccc(C3CC(F)(F)C3)cc2)cc1)=C(\N)C(=O)O. The predicted molar refractivity (Wildman–Crippen MR) is 95.6 cm³/mol. The zero-order valence-corrected chi connectivity index (χ0v) is 14.3. The molecule has 2 aromatic carbocycles. The van der Waals surface area contributed by atoms with Crippen molar-refractivity contribution in [3.63, 3.8) is 0 Å². The molecule has 3 rings (SSSR count). The molecular formula is C19H19F2N3O3. The van der Waals surface area contributed by atoms with Crippen LogP contribution in [-0.2, 0) is 4.79 Å². The summed E-state index contributed by atoms with van der Waals surface area (Å²) in [6.45, 7) is 0. The molecule has 0 aromatic heterocycles. The molecule has 0 saturated heterocycles. The van der Waals surface area contributed by atoms with Crippen molar-refractivity contribution in [3.8, 4) is 16.9 Å². The van der Waals surface area contributed by atoms with Crippen LogP contribution in [0.4, 0.5) is 8.78 Å². The molecule has 2 aromatic rings. The fourth-order valence-electron chi connectivity index (χ4n) is 2.94. The van der Waals surface area contributed by atoms with E-state index in [0.717, 1.165) is 16.7 Å². The first-order valence-corrected chi connectivity index (χ1v) is 8.25. The summed E-state index contributed by atoms with van der Waals surface area (Å²) in [4.78, 5) is 10.9. The highest BCUT2D eigenvalue weighted by atomic mass is 19.3. The lowest BCUT2D eigenvalue weighted by molar-refractivity contribution is -0.133. The van der Waals surface area contributed by atoms with Crippen LogP contribution in [0.3, 0.4) is 0 Å². The van der Waals surface area contributed by atoms with Gasteiger partial charge in [0.25, 0.3) is 0 Å². The first-order valence-electron chi connectivity index (χ1n) is 8.25. The van der Waals surface area contributed by atoms with Gasteiger partial charge in [-0.15, -0.1) is 0 Å². The van der Waals surface area contributed by atoms with E-state index in [4.69, 9.17) is 21.4 Å². The molecule has 0 heterocycles. The van der Waals surface area contributed by atoms with Crippen molar-refractivity contribution < 1.29 is 23.4 Å². The third-order valence-corrected chi connectivity index (χ3v) is 4.49. The molecule has 0 bridgehead atoms. The van der Waals surface area contributed by atoms with Gasteiger partial charge >= 0.3 is 5.97 Å². The minimum absolute atomic E-state index is 0.0847. The zero-order valence-electron chi connectivity index (χ0n) is 14.3. The van der Waals surface area contributed by atoms with Crippen molar-refractivity contribution in [2.45, 2.75) is 24.7 Å². The number of carboxylic acids is 1. The van der Waals surface area contributed by atoms with Crippen molar-refractivity contribution in [1.82, 2.24) is 5.43 Å². The van der Waals surface area contributed by atoms with Gasteiger partial charge in [-0.3, -0.25) is 5.43 Å². The van der Waals surface area contributed by atoms with E-state index in [-0.39, 0.29) is 24.6 Å². The minimum Gasteiger partial charge on any atom is -0.476 e. The zero-order chi connectivity index (χ0) is 19.6. The van der Waals surface area contributed by atoms with Crippen LogP contribution >= 0.6 is 0 Å². The molecule has 6 N–H and O–H groups in total. The number of carbonyl (C=O) groups is 1. The Balaban J connectivity index is 1.70. The number of carboxylic acid groups (broad SMARTS) is 1. The topological polar surface area (TPSA) is 111 Å². The Labute approximate surface area is 154 Å². The summed E-state index contributed by atoms with van der Waals surface area (Å²) in [5.74, 6) is 1.34. The van der Waals surface area contributed by atoms with Gasteiger partial charge in [-0.1, -0.05) is 36.4 Å². The van der Waals surface area contributed by atoms with Gasteiger partial charge in [0.15, 0.2) is 5.70 Å². The molecule has 0 aliphatic heterocycles. The maximum atomic E-state index is 13.0. The number of rotatable bonds is 6. The largest absolute Gasteiger partial charge is 0.476 e. The van der Waals surface area contributed by atoms with E-state index in [1.54, 1.807) is 24.3 Å². The standard InChI is InChI=1S/C19H19F2N3O3/c20-19(21)9-14(10-19)13-3-1-11(2-4-13)12-5-7-15(8-6-12)27-17(24-23)16(22)18(25)26/h1-8,14,24H,9-10,22-23H2,(H,25,26)/b17-16+. The van der Waals surface area contributed by atoms with E-state index in [0.29, 0.717) is 5.75 Å². The van der Waals surface area contributed by atoms with Crippen LogP contribution in [0.25, 0.3) is 11.1 Å². The molecule has 6 nitrogen and oxygen atoms in total. The van der Waals surface area contributed by atoms with Gasteiger partial charge < -0.3 is 15.6 Å². The summed E-state index contributed by atoms with van der Waals surface area (Å²) in [6, 6.07) is 14.4. The lowest BCUT2D eigenvalue weighted by atomic mass is 9.76. The first-order chi connectivity index (χ1) is 12.8. The van der Waals surface area contributed by atoms with Gasteiger partial charge in [0.05, 0.1) is 0 Å². The average molecular weight is 375 g/mol. The fraction of sp³-hybridized carbons (Fsp3) is 0.211. The van der Waals surface area contributed by atoms with Crippen molar-refractivity contribution in [2.24, 2.45) is 11.6 Å². The van der Waals surface area contributed by atoms with Gasteiger partial charge in [0.2, 0.25) is 11.8 Å². The molecule has 0 amide bonds. The normalized spacial score (nSPS) is 16.9. The van der Waals surface area contributed by atoms with Crippen LogP contribution in [0.1, 0.15) is 24.3 Å². The van der Waals surface area contributed by atoms with E-state index >= 15 is 0 Å². The maximum Gasteiger partial charge on any atom is 0.357 e. The molecule has 0 radical (unpaired) electrons. The monoisotopic (exact) mass is 375 g/mol. The molecule has 1 aliphatic carbocycles. The number of ether oxygens (including phenoxy) is 1. The van der Waals surface area contributed by atoms with Crippen molar-refractivity contribution in [3.05, 3.63) is 65.7 Å². The highest BCUT2D eigenvalue weighted by molar-refractivity contribution is 5.85. The molecule has 0 spiro atoms. The van der Waals surface area contributed by atoms with Crippen LogP contribution in [0.2, 0.25) is 0 Å². The number of halogens is 2. The number of benzene rings is 2. The van der Waals surface area contributed by atoms with Crippen LogP contribution in [0, 0.1) is 0 Å². The van der Waals surface area contributed by atoms with Gasteiger partial charge in [0, 0.05) is 12.8 Å². The predicted octanol–water partition coefficient (Wildman–Crippen LogP) is 2.92. The number of hydrogen-bond acceptors (Lipinski definition) is 5. The lowest BCUT2D eigenvalue weighted by Crippen LogP contribution is -2.33. The van der Waals surface area contributed by atoms with Crippen LogP contribution in [0.5, 0.6) is 5.75 Å². The quantitative estimate of drug-likeness (QED) is 0.267. The summed E-state index contributed by atoms with van der Waals surface area (Å²) >= 11 is 0. The maximum absolute atomic E-state index is 13.0. The Morgan fingerprint density at radius 3 is 2.04 bits per heavy atom. The Kier molecular flexibility index (Phi) is 5.00. The highest BCUT2D eigenvalue weighted by Gasteiger charge is 2.45. The number of alkyl halides is 2. The molecule has 0 atom stereocenters. The third-order valence-electron chi connectivity index (χ3n) is 4.49. The molecule has 142 valence electrons. The third kappa shape index (κ3) is 4.17. The van der Waals surface area contributed by atoms with Crippen molar-refractivity contribution in [1.29, 1.82) is 0 Å².